The van der Waals surface area contributed by atoms with Crippen molar-refractivity contribution in [3.8, 4) is 23.1 Å². The number of hydrogen-bond donors (Lipinski definition) is 1. The summed E-state index contributed by atoms with van der Waals surface area (Å²) in [5.41, 5.74) is 9.45. The summed E-state index contributed by atoms with van der Waals surface area (Å²) in [5, 5.41) is 4.28. The van der Waals surface area contributed by atoms with E-state index in [4.69, 9.17) is 10.5 Å². The Bertz CT molecular complexity index is 1320. The van der Waals surface area contributed by atoms with Crippen molar-refractivity contribution in [2.75, 3.05) is 36.9 Å². The molecule has 2 N–H and O–H groups in total. The number of nitrogens with zero attached hydrogens (tertiary/aromatic N) is 5. The Morgan fingerprint density at radius 3 is 2.74 bits per heavy atom. The van der Waals surface area contributed by atoms with E-state index in [-0.39, 0.29) is 5.82 Å². The molecule has 4 aromatic rings. The molecule has 7 nitrogen and oxygen atoms in total. The van der Waals surface area contributed by atoms with E-state index in [1.165, 1.54) is 0 Å². The monoisotopic (exact) mass is 414 g/mol. The van der Waals surface area contributed by atoms with Gasteiger partial charge in [0.25, 0.3) is 0 Å². The Hall–Kier alpha value is -3.96. The third-order valence-corrected chi connectivity index (χ3v) is 5.10. The van der Waals surface area contributed by atoms with Crippen LogP contribution in [0.15, 0.2) is 55.0 Å². The fraction of sp³-hybridized carbons (Fsp3) is 0.174. The topological polar surface area (TPSA) is 81.6 Å². The minimum atomic E-state index is -0.319. The van der Waals surface area contributed by atoms with Crippen LogP contribution in [0.4, 0.5) is 15.9 Å². The summed E-state index contributed by atoms with van der Waals surface area (Å²) >= 11 is 0. The van der Waals surface area contributed by atoms with E-state index in [1.807, 2.05) is 6.07 Å². The lowest BCUT2D eigenvalue weighted by Gasteiger charge is -2.29. The molecule has 1 aliphatic rings. The SMILES string of the molecule is Nc1cc(C#Cc2cnn3ccc(-c4ccc(N5CCOCC5)cc4F)nc23)ccn1. The molecule has 0 atom stereocenters. The first-order valence-corrected chi connectivity index (χ1v) is 9.88. The number of nitrogens with two attached hydrogens (primary N) is 1. The van der Waals surface area contributed by atoms with Gasteiger partial charge in [0.15, 0.2) is 5.65 Å². The molecule has 0 aliphatic carbocycles. The van der Waals surface area contributed by atoms with Gasteiger partial charge >= 0.3 is 0 Å². The number of ether oxygens (including phenoxy) is 1. The second kappa shape index (κ2) is 8.05. The second-order valence-electron chi connectivity index (χ2n) is 7.12. The Kier molecular flexibility index (Phi) is 4.94. The zero-order chi connectivity index (χ0) is 21.2. The van der Waals surface area contributed by atoms with Crippen LogP contribution in [0.5, 0.6) is 0 Å². The zero-order valence-electron chi connectivity index (χ0n) is 16.6. The van der Waals surface area contributed by atoms with Crippen LogP contribution >= 0.6 is 0 Å². The molecule has 31 heavy (non-hydrogen) atoms. The average Bonchev–Trinajstić information content (AvgIpc) is 3.20. The number of nitrogen functional groups attached to an aromatic ring is 1. The van der Waals surface area contributed by atoms with Crippen LogP contribution in [-0.4, -0.2) is 45.9 Å². The largest absolute Gasteiger partial charge is 0.384 e. The predicted molar refractivity (Wildman–Crippen MR) is 116 cm³/mol. The highest BCUT2D eigenvalue weighted by molar-refractivity contribution is 5.68. The number of pyridine rings is 1. The molecule has 154 valence electrons. The van der Waals surface area contributed by atoms with Crippen molar-refractivity contribution >= 4 is 17.2 Å². The summed E-state index contributed by atoms with van der Waals surface area (Å²) < 4.78 is 21.9. The molecule has 0 spiro atoms. The van der Waals surface area contributed by atoms with Gasteiger partial charge in [-0.15, -0.1) is 0 Å². The number of hydrogen-bond acceptors (Lipinski definition) is 6. The van der Waals surface area contributed by atoms with Crippen LogP contribution < -0.4 is 10.6 Å². The van der Waals surface area contributed by atoms with Crippen LogP contribution in [0.25, 0.3) is 16.9 Å². The number of anilines is 2. The van der Waals surface area contributed by atoms with Gasteiger partial charge < -0.3 is 15.4 Å². The molecule has 1 fully saturated rings. The zero-order valence-corrected chi connectivity index (χ0v) is 16.6. The first-order chi connectivity index (χ1) is 15.2. The molecule has 0 bridgehead atoms. The van der Waals surface area contributed by atoms with Crippen molar-refractivity contribution in [2.24, 2.45) is 0 Å². The van der Waals surface area contributed by atoms with E-state index >= 15 is 0 Å². The molecule has 0 radical (unpaired) electrons. The number of aromatic nitrogens is 4. The normalized spacial score (nSPS) is 13.8. The van der Waals surface area contributed by atoms with Gasteiger partial charge in [-0.1, -0.05) is 11.8 Å². The van der Waals surface area contributed by atoms with E-state index in [9.17, 15) is 4.39 Å². The van der Waals surface area contributed by atoms with Crippen LogP contribution in [0.2, 0.25) is 0 Å². The number of morpholine rings is 1. The van der Waals surface area contributed by atoms with Crippen molar-refractivity contribution in [1.29, 1.82) is 0 Å². The third-order valence-electron chi connectivity index (χ3n) is 5.10. The van der Waals surface area contributed by atoms with Crippen molar-refractivity contribution in [3.63, 3.8) is 0 Å². The van der Waals surface area contributed by atoms with Crippen molar-refractivity contribution < 1.29 is 9.13 Å². The van der Waals surface area contributed by atoms with Gasteiger partial charge in [0, 0.05) is 42.3 Å². The van der Waals surface area contributed by atoms with Gasteiger partial charge in [0.1, 0.15) is 11.6 Å². The molecule has 3 aromatic heterocycles. The van der Waals surface area contributed by atoms with Gasteiger partial charge in [0.2, 0.25) is 0 Å². The molecule has 0 saturated carbocycles. The van der Waals surface area contributed by atoms with Crippen LogP contribution in [-0.2, 0) is 4.74 Å². The van der Waals surface area contributed by atoms with E-state index < -0.39 is 0 Å². The maximum atomic E-state index is 15.0. The average molecular weight is 414 g/mol. The summed E-state index contributed by atoms with van der Waals surface area (Å²) in [6, 6.07) is 10.5. The molecule has 1 saturated heterocycles. The van der Waals surface area contributed by atoms with E-state index in [2.05, 4.69) is 31.8 Å². The lowest BCUT2D eigenvalue weighted by molar-refractivity contribution is 0.122. The molecule has 1 aromatic carbocycles. The molecule has 5 rings (SSSR count). The Morgan fingerprint density at radius 2 is 1.94 bits per heavy atom. The van der Waals surface area contributed by atoms with Gasteiger partial charge in [-0.25, -0.2) is 18.9 Å². The smallest absolute Gasteiger partial charge is 0.171 e. The van der Waals surface area contributed by atoms with E-state index in [0.717, 1.165) is 24.3 Å². The van der Waals surface area contributed by atoms with Crippen LogP contribution in [0.1, 0.15) is 11.1 Å². The Balaban J connectivity index is 1.48. The molecule has 1 aliphatic heterocycles. The summed E-state index contributed by atoms with van der Waals surface area (Å²) in [5.74, 6) is 6.19. The van der Waals surface area contributed by atoms with Gasteiger partial charge in [-0.05, 0) is 36.4 Å². The highest BCUT2D eigenvalue weighted by atomic mass is 19.1. The standard InChI is InChI=1S/C23H19FN6O/c24-20-14-18(29-9-11-31-12-10-29)3-4-19(20)21-6-8-30-23(28-21)17(15-27-30)2-1-16-5-7-26-22(25)13-16/h3-8,13-15H,9-12H2,(H2,25,26). The van der Waals surface area contributed by atoms with Crippen molar-refractivity contribution in [3.05, 3.63) is 71.9 Å². The number of benzene rings is 1. The van der Waals surface area contributed by atoms with Gasteiger partial charge in [-0.2, -0.15) is 5.10 Å². The predicted octanol–water partition coefficient (Wildman–Crippen LogP) is 2.75. The first-order valence-electron chi connectivity index (χ1n) is 9.88. The molecular formula is C23H19FN6O. The highest BCUT2D eigenvalue weighted by Crippen LogP contribution is 2.27. The van der Waals surface area contributed by atoms with Gasteiger partial charge in [-0.3, -0.25) is 0 Å². The minimum Gasteiger partial charge on any atom is -0.384 e. The van der Waals surface area contributed by atoms with E-state index in [1.54, 1.807) is 53.4 Å². The Morgan fingerprint density at radius 1 is 1.06 bits per heavy atom. The summed E-state index contributed by atoms with van der Waals surface area (Å²) in [4.78, 5) is 10.7. The van der Waals surface area contributed by atoms with E-state index in [0.29, 0.717) is 41.5 Å². The van der Waals surface area contributed by atoms with Gasteiger partial charge in [0.05, 0.1) is 30.7 Å². The number of fused-ring (bicyclic) bond motifs is 1. The lowest BCUT2D eigenvalue weighted by atomic mass is 10.1. The summed E-state index contributed by atoms with van der Waals surface area (Å²) in [6.45, 7) is 2.81. The van der Waals surface area contributed by atoms with Crippen molar-refractivity contribution in [2.45, 2.75) is 0 Å². The lowest BCUT2D eigenvalue weighted by Crippen LogP contribution is -2.36. The summed E-state index contributed by atoms with van der Waals surface area (Å²) in [7, 11) is 0. The molecule has 8 heteroatoms. The third kappa shape index (κ3) is 3.91. The molecular weight excluding hydrogens is 395 g/mol. The number of rotatable bonds is 2. The summed E-state index contributed by atoms with van der Waals surface area (Å²) in [6.07, 6.45) is 5.00. The molecule has 0 unspecified atom stereocenters. The van der Waals surface area contributed by atoms with Crippen LogP contribution in [0.3, 0.4) is 0 Å². The fourth-order valence-corrected chi connectivity index (χ4v) is 3.50. The maximum absolute atomic E-state index is 15.0. The second-order valence-corrected chi connectivity index (χ2v) is 7.12. The van der Waals surface area contributed by atoms with Crippen LogP contribution in [0, 0.1) is 17.7 Å². The molecule has 0 amide bonds. The first kappa shape index (κ1) is 19.0. The highest BCUT2D eigenvalue weighted by Gasteiger charge is 2.15. The number of halogens is 1. The fourth-order valence-electron chi connectivity index (χ4n) is 3.50. The van der Waals surface area contributed by atoms with Crippen molar-refractivity contribution in [1.82, 2.24) is 19.6 Å². The minimum absolute atomic E-state index is 0.319. The maximum Gasteiger partial charge on any atom is 0.171 e. The Labute approximate surface area is 178 Å². The quantitative estimate of drug-likeness (QED) is 0.508. The molecule has 4 heterocycles.